The molecule has 0 aromatic carbocycles. The Hall–Kier alpha value is -2.90. The highest BCUT2D eigenvalue weighted by molar-refractivity contribution is 5.98. The number of fused-ring (bicyclic) bond motifs is 1. The molecule has 0 fully saturated rings. The molecule has 0 aliphatic heterocycles. The molecule has 0 spiro atoms. The molecule has 0 saturated heterocycles. The van der Waals surface area contributed by atoms with Crippen molar-refractivity contribution < 1.29 is 19.5 Å². The second-order valence-electron chi connectivity index (χ2n) is 5.18. The number of rotatable bonds is 6. The number of hydrogen-bond donors (Lipinski definition) is 3. The van der Waals surface area contributed by atoms with E-state index < -0.39 is 30.2 Å². The maximum absolute atomic E-state index is 12.5. The van der Waals surface area contributed by atoms with E-state index in [0.29, 0.717) is 17.8 Å². The van der Waals surface area contributed by atoms with Crippen LogP contribution in [0.25, 0.3) is 5.65 Å². The van der Waals surface area contributed by atoms with Gasteiger partial charge in [-0.15, -0.1) is 0 Å². The summed E-state index contributed by atoms with van der Waals surface area (Å²) >= 11 is 0. The Labute approximate surface area is 132 Å². The molecule has 0 bridgehead atoms. The van der Waals surface area contributed by atoms with Crippen LogP contribution in [0.1, 0.15) is 35.1 Å². The lowest BCUT2D eigenvalue weighted by Gasteiger charge is -2.13. The lowest BCUT2D eigenvalue weighted by atomic mass is 10.2. The monoisotopic (exact) mass is 318 g/mol. The molecule has 2 aromatic heterocycles. The van der Waals surface area contributed by atoms with E-state index >= 15 is 0 Å². The molecule has 2 aromatic rings. The minimum atomic E-state index is -1.37. The Kier molecular flexibility index (Phi) is 4.63. The van der Waals surface area contributed by atoms with Crippen molar-refractivity contribution in [3.8, 4) is 0 Å². The Morgan fingerprint density at radius 2 is 2.13 bits per heavy atom. The molecule has 0 radical (unpaired) electrons. The molecule has 2 heterocycles. The zero-order valence-electron chi connectivity index (χ0n) is 12.9. The number of pyridine rings is 1. The molecule has 23 heavy (non-hydrogen) atoms. The van der Waals surface area contributed by atoms with Crippen molar-refractivity contribution in [2.24, 2.45) is 5.73 Å². The number of aryl methyl sites for hydroxylation is 2. The van der Waals surface area contributed by atoms with Crippen molar-refractivity contribution >= 4 is 23.4 Å². The summed E-state index contributed by atoms with van der Waals surface area (Å²) in [6, 6.07) is 2.27. The Morgan fingerprint density at radius 3 is 2.70 bits per heavy atom. The van der Waals surface area contributed by atoms with Crippen LogP contribution < -0.4 is 11.1 Å². The Bertz CT molecular complexity index is 781. The standard InChI is InChI=1S/C15H18N4O4/c1-3-9-12(19-6-4-5-8(2)13(19)17-9)14(21)18-10(15(22)23)7-11(16)20/h4-6,10H,3,7H2,1-2H3,(H2,16,20)(H,18,21)(H,22,23). The number of carbonyl (C=O) groups excluding carboxylic acids is 2. The van der Waals surface area contributed by atoms with Crippen molar-refractivity contribution in [3.05, 3.63) is 35.3 Å². The van der Waals surface area contributed by atoms with Gasteiger partial charge in [-0.1, -0.05) is 13.0 Å². The van der Waals surface area contributed by atoms with E-state index in [1.165, 1.54) is 0 Å². The molecule has 122 valence electrons. The van der Waals surface area contributed by atoms with E-state index in [2.05, 4.69) is 10.3 Å². The summed E-state index contributed by atoms with van der Waals surface area (Å²) in [6.07, 6.45) is 1.73. The molecular formula is C15H18N4O4. The van der Waals surface area contributed by atoms with Gasteiger partial charge >= 0.3 is 5.97 Å². The van der Waals surface area contributed by atoms with Gasteiger partial charge in [0.15, 0.2) is 0 Å². The maximum Gasteiger partial charge on any atom is 0.326 e. The fourth-order valence-electron chi connectivity index (χ4n) is 2.37. The first-order chi connectivity index (χ1) is 10.8. The number of primary amides is 1. The van der Waals surface area contributed by atoms with Crippen LogP contribution in [0.3, 0.4) is 0 Å². The van der Waals surface area contributed by atoms with Crippen LogP contribution in [0.15, 0.2) is 18.3 Å². The molecule has 1 unspecified atom stereocenters. The van der Waals surface area contributed by atoms with E-state index in [9.17, 15) is 14.4 Å². The number of amides is 2. The number of carbonyl (C=O) groups is 3. The second-order valence-corrected chi connectivity index (χ2v) is 5.18. The molecular weight excluding hydrogens is 300 g/mol. The largest absolute Gasteiger partial charge is 0.480 e. The predicted octanol–water partition coefficient (Wildman–Crippen LogP) is 0.264. The molecule has 8 heteroatoms. The van der Waals surface area contributed by atoms with Crippen LogP contribution in [0, 0.1) is 6.92 Å². The number of hydrogen-bond acceptors (Lipinski definition) is 4. The van der Waals surface area contributed by atoms with E-state index in [-0.39, 0.29) is 5.69 Å². The van der Waals surface area contributed by atoms with Gasteiger partial charge in [0.1, 0.15) is 17.4 Å². The fraction of sp³-hybridized carbons (Fsp3) is 0.333. The number of nitrogens with two attached hydrogens (primary N) is 1. The van der Waals surface area contributed by atoms with Gasteiger partial charge < -0.3 is 16.2 Å². The summed E-state index contributed by atoms with van der Waals surface area (Å²) in [5.74, 6) is -2.73. The smallest absolute Gasteiger partial charge is 0.326 e. The number of aliphatic carboxylic acids is 1. The average molecular weight is 318 g/mol. The number of carboxylic acid groups (broad SMARTS) is 1. The number of nitrogens with one attached hydrogen (secondary N) is 1. The summed E-state index contributed by atoms with van der Waals surface area (Å²) in [4.78, 5) is 39.1. The molecule has 4 N–H and O–H groups in total. The molecule has 0 saturated carbocycles. The van der Waals surface area contributed by atoms with Gasteiger partial charge in [-0.2, -0.15) is 0 Å². The van der Waals surface area contributed by atoms with Crippen LogP contribution >= 0.6 is 0 Å². The third-order valence-electron chi connectivity index (χ3n) is 3.48. The van der Waals surface area contributed by atoms with Gasteiger partial charge in [-0.25, -0.2) is 9.78 Å². The summed E-state index contributed by atoms with van der Waals surface area (Å²) in [7, 11) is 0. The van der Waals surface area contributed by atoms with Crippen LogP contribution in [0.4, 0.5) is 0 Å². The number of carboxylic acids is 1. The van der Waals surface area contributed by atoms with E-state index in [0.717, 1.165) is 5.56 Å². The van der Waals surface area contributed by atoms with Gasteiger partial charge in [0, 0.05) is 6.20 Å². The van der Waals surface area contributed by atoms with Crippen molar-refractivity contribution in [1.29, 1.82) is 0 Å². The first kappa shape index (κ1) is 16.5. The summed E-state index contributed by atoms with van der Waals surface area (Å²) < 4.78 is 1.62. The molecule has 1 atom stereocenters. The van der Waals surface area contributed by atoms with Gasteiger partial charge in [0.2, 0.25) is 5.91 Å². The summed E-state index contributed by atoms with van der Waals surface area (Å²) in [5, 5.41) is 11.4. The topological polar surface area (TPSA) is 127 Å². The maximum atomic E-state index is 12.5. The van der Waals surface area contributed by atoms with E-state index in [1.807, 2.05) is 19.9 Å². The Morgan fingerprint density at radius 1 is 1.43 bits per heavy atom. The highest BCUT2D eigenvalue weighted by Gasteiger charge is 2.26. The molecule has 2 amide bonds. The summed E-state index contributed by atoms with van der Waals surface area (Å²) in [6.45, 7) is 3.72. The van der Waals surface area contributed by atoms with Crippen LogP contribution in [-0.2, 0) is 16.0 Å². The first-order valence-corrected chi connectivity index (χ1v) is 7.13. The Balaban J connectivity index is 2.42. The minimum absolute atomic E-state index is 0.266. The molecule has 2 rings (SSSR count). The van der Waals surface area contributed by atoms with Gasteiger partial charge in [-0.3, -0.25) is 14.0 Å². The number of imidazole rings is 1. The molecule has 0 aliphatic carbocycles. The third kappa shape index (κ3) is 3.31. The molecule has 8 nitrogen and oxygen atoms in total. The predicted molar refractivity (Wildman–Crippen MR) is 82.0 cm³/mol. The normalized spacial score (nSPS) is 12.1. The zero-order chi connectivity index (χ0) is 17.1. The van der Waals surface area contributed by atoms with Crippen molar-refractivity contribution in [1.82, 2.24) is 14.7 Å². The molecule has 0 aliphatic rings. The average Bonchev–Trinajstić information content (AvgIpc) is 2.86. The van der Waals surface area contributed by atoms with Crippen LogP contribution in [-0.4, -0.2) is 38.3 Å². The van der Waals surface area contributed by atoms with Crippen molar-refractivity contribution in [2.45, 2.75) is 32.7 Å². The fourth-order valence-corrected chi connectivity index (χ4v) is 2.37. The second kappa shape index (κ2) is 6.47. The van der Waals surface area contributed by atoms with Crippen LogP contribution in [0.5, 0.6) is 0 Å². The lowest BCUT2D eigenvalue weighted by Crippen LogP contribution is -2.43. The first-order valence-electron chi connectivity index (χ1n) is 7.13. The van der Waals surface area contributed by atoms with Gasteiger partial charge in [0.25, 0.3) is 5.91 Å². The van der Waals surface area contributed by atoms with Gasteiger partial charge in [0.05, 0.1) is 12.1 Å². The third-order valence-corrected chi connectivity index (χ3v) is 3.48. The highest BCUT2D eigenvalue weighted by atomic mass is 16.4. The number of aromatic nitrogens is 2. The highest BCUT2D eigenvalue weighted by Crippen LogP contribution is 2.16. The minimum Gasteiger partial charge on any atom is -0.480 e. The SMILES string of the molecule is CCc1nc2c(C)cccn2c1C(=O)NC(CC(N)=O)C(=O)O. The lowest BCUT2D eigenvalue weighted by molar-refractivity contribution is -0.140. The quantitative estimate of drug-likeness (QED) is 0.704. The van der Waals surface area contributed by atoms with Crippen molar-refractivity contribution in [2.75, 3.05) is 0 Å². The van der Waals surface area contributed by atoms with E-state index in [4.69, 9.17) is 10.8 Å². The number of nitrogens with zero attached hydrogens (tertiary/aromatic N) is 2. The van der Waals surface area contributed by atoms with E-state index in [1.54, 1.807) is 16.7 Å². The summed E-state index contributed by atoms with van der Waals surface area (Å²) in [5.41, 5.74) is 7.37. The van der Waals surface area contributed by atoms with Gasteiger partial charge in [-0.05, 0) is 25.0 Å². The van der Waals surface area contributed by atoms with Crippen LogP contribution in [0.2, 0.25) is 0 Å². The van der Waals surface area contributed by atoms with Crippen molar-refractivity contribution in [3.63, 3.8) is 0 Å². The zero-order valence-corrected chi connectivity index (χ0v) is 12.9.